The summed E-state index contributed by atoms with van der Waals surface area (Å²) in [4.78, 5) is 6.50. The summed E-state index contributed by atoms with van der Waals surface area (Å²) in [5, 5.41) is 3.41. The molecule has 0 aliphatic carbocycles. The molecule has 1 heterocycles. The van der Waals surface area contributed by atoms with Gasteiger partial charge in [-0.1, -0.05) is 26.0 Å². The average Bonchev–Trinajstić information content (AvgIpc) is 3.00. The zero-order chi connectivity index (χ0) is 16.9. The number of aliphatic imine (C=N–C) groups is 1. The summed E-state index contributed by atoms with van der Waals surface area (Å²) in [6.07, 6.45) is 1.11. The molecule has 0 amide bonds. The molecule has 1 atom stereocenters. The van der Waals surface area contributed by atoms with E-state index in [1.165, 1.54) is 6.07 Å². The van der Waals surface area contributed by atoms with Crippen molar-refractivity contribution in [3.63, 3.8) is 0 Å². The number of nitrogens with one attached hydrogen (secondary N) is 1. The highest BCUT2D eigenvalue weighted by Gasteiger charge is 2.23. The van der Waals surface area contributed by atoms with E-state index in [0.29, 0.717) is 12.5 Å². The van der Waals surface area contributed by atoms with Crippen LogP contribution in [0, 0.1) is 11.7 Å². The first-order valence-corrected chi connectivity index (χ1v) is 8.18. The summed E-state index contributed by atoms with van der Waals surface area (Å²) in [5.74, 6) is 1.23. The van der Waals surface area contributed by atoms with Gasteiger partial charge < -0.3 is 15.0 Å². The van der Waals surface area contributed by atoms with E-state index in [1.54, 1.807) is 19.2 Å². The van der Waals surface area contributed by atoms with Crippen LogP contribution in [-0.2, 0) is 10.2 Å². The van der Waals surface area contributed by atoms with Crippen molar-refractivity contribution in [1.29, 1.82) is 0 Å². The number of guanidine groups is 1. The molecule has 1 unspecified atom stereocenters. The number of rotatable bonds is 5. The molecule has 0 radical (unpaired) electrons. The molecular formula is C18H28FN3O. The summed E-state index contributed by atoms with van der Waals surface area (Å²) >= 11 is 0. The van der Waals surface area contributed by atoms with E-state index < -0.39 is 0 Å². The predicted molar refractivity (Wildman–Crippen MR) is 92.3 cm³/mol. The minimum absolute atomic E-state index is 0.185. The van der Waals surface area contributed by atoms with E-state index in [9.17, 15) is 4.39 Å². The zero-order valence-corrected chi connectivity index (χ0v) is 14.6. The fourth-order valence-corrected chi connectivity index (χ4v) is 2.90. The van der Waals surface area contributed by atoms with Crippen molar-refractivity contribution in [3.8, 4) is 0 Å². The zero-order valence-electron chi connectivity index (χ0n) is 14.6. The highest BCUT2D eigenvalue weighted by Crippen LogP contribution is 2.23. The maximum atomic E-state index is 13.5. The van der Waals surface area contributed by atoms with Gasteiger partial charge in [0.25, 0.3) is 0 Å². The molecule has 0 spiro atoms. The summed E-state index contributed by atoms with van der Waals surface area (Å²) in [5.41, 5.74) is 0.794. The van der Waals surface area contributed by atoms with Crippen molar-refractivity contribution in [2.45, 2.75) is 25.7 Å². The highest BCUT2D eigenvalue weighted by molar-refractivity contribution is 5.79. The molecule has 1 saturated heterocycles. The maximum absolute atomic E-state index is 13.5. The molecule has 0 saturated carbocycles. The molecule has 1 aliphatic heterocycles. The molecule has 0 bridgehead atoms. The van der Waals surface area contributed by atoms with E-state index in [1.807, 2.05) is 13.1 Å². The van der Waals surface area contributed by atoms with Crippen LogP contribution in [0.5, 0.6) is 0 Å². The maximum Gasteiger partial charge on any atom is 0.193 e. The number of hydrogen-bond donors (Lipinski definition) is 1. The molecule has 2 rings (SSSR count). The molecule has 1 N–H and O–H groups in total. The minimum Gasteiger partial charge on any atom is -0.381 e. The number of benzene rings is 1. The van der Waals surface area contributed by atoms with Crippen LogP contribution in [-0.4, -0.2) is 51.3 Å². The second kappa shape index (κ2) is 7.77. The smallest absolute Gasteiger partial charge is 0.193 e. The summed E-state index contributed by atoms with van der Waals surface area (Å²) < 4.78 is 18.9. The van der Waals surface area contributed by atoms with Crippen LogP contribution in [0.1, 0.15) is 25.8 Å². The Morgan fingerprint density at radius 1 is 1.48 bits per heavy atom. The summed E-state index contributed by atoms with van der Waals surface area (Å²) in [7, 11) is 3.84. The highest BCUT2D eigenvalue weighted by atomic mass is 19.1. The van der Waals surface area contributed by atoms with Crippen LogP contribution in [0.25, 0.3) is 0 Å². The van der Waals surface area contributed by atoms with Crippen molar-refractivity contribution in [1.82, 2.24) is 10.2 Å². The lowest BCUT2D eigenvalue weighted by Gasteiger charge is -2.30. The molecule has 1 aliphatic rings. The quantitative estimate of drug-likeness (QED) is 0.669. The Kier molecular flexibility index (Phi) is 5.99. The van der Waals surface area contributed by atoms with Gasteiger partial charge in [0.2, 0.25) is 0 Å². The number of hydrogen-bond acceptors (Lipinski definition) is 2. The second-order valence-corrected chi connectivity index (χ2v) is 6.91. The molecule has 5 heteroatoms. The van der Waals surface area contributed by atoms with E-state index in [-0.39, 0.29) is 11.2 Å². The van der Waals surface area contributed by atoms with Gasteiger partial charge in [0.05, 0.1) is 6.61 Å². The Morgan fingerprint density at radius 2 is 2.26 bits per heavy atom. The first kappa shape index (κ1) is 17.7. The van der Waals surface area contributed by atoms with E-state index in [4.69, 9.17) is 4.74 Å². The van der Waals surface area contributed by atoms with Crippen LogP contribution in [0.15, 0.2) is 29.3 Å². The molecular weight excluding hydrogens is 293 g/mol. The largest absolute Gasteiger partial charge is 0.381 e. The lowest BCUT2D eigenvalue weighted by atomic mass is 9.84. The lowest BCUT2D eigenvalue weighted by Crippen LogP contribution is -2.45. The minimum atomic E-state index is -0.196. The van der Waals surface area contributed by atoms with Crippen molar-refractivity contribution >= 4 is 5.96 Å². The Labute approximate surface area is 138 Å². The molecule has 128 valence electrons. The SMILES string of the molecule is CN=C(NCC(C)(C)c1cccc(F)c1)N(C)CC1CCOC1. The third kappa shape index (κ3) is 4.93. The van der Waals surface area contributed by atoms with Gasteiger partial charge in [-0.05, 0) is 24.1 Å². The summed E-state index contributed by atoms with van der Waals surface area (Å²) in [6, 6.07) is 6.80. The van der Waals surface area contributed by atoms with Gasteiger partial charge in [0.15, 0.2) is 5.96 Å². The van der Waals surface area contributed by atoms with Crippen LogP contribution >= 0.6 is 0 Å². The van der Waals surface area contributed by atoms with Crippen LogP contribution in [0.4, 0.5) is 4.39 Å². The molecule has 23 heavy (non-hydrogen) atoms. The van der Waals surface area contributed by atoms with Gasteiger partial charge in [0, 0.05) is 45.1 Å². The van der Waals surface area contributed by atoms with Gasteiger partial charge in [-0.15, -0.1) is 0 Å². The fraction of sp³-hybridized carbons (Fsp3) is 0.611. The van der Waals surface area contributed by atoms with Crippen molar-refractivity contribution < 1.29 is 9.13 Å². The predicted octanol–water partition coefficient (Wildman–Crippen LogP) is 2.65. The third-order valence-electron chi connectivity index (χ3n) is 4.42. The Morgan fingerprint density at radius 3 is 2.87 bits per heavy atom. The number of nitrogens with zero attached hydrogens (tertiary/aromatic N) is 2. The topological polar surface area (TPSA) is 36.9 Å². The fourth-order valence-electron chi connectivity index (χ4n) is 2.90. The van der Waals surface area contributed by atoms with Crippen molar-refractivity contribution in [2.75, 3.05) is 40.4 Å². The number of ether oxygens (including phenoxy) is 1. The first-order valence-electron chi connectivity index (χ1n) is 8.18. The second-order valence-electron chi connectivity index (χ2n) is 6.91. The Balaban J connectivity index is 1.93. The van der Waals surface area contributed by atoms with Crippen molar-refractivity contribution in [2.24, 2.45) is 10.9 Å². The third-order valence-corrected chi connectivity index (χ3v) is 4.42. The molecule has 4 nitrogen and oxygen atoms in total. The monoisotopic (exact) mass is 321 g/mol. The molecule has 0 aromatic heterocycles. The van der Waals surface area contributed by atoms with Crippen LogP contribution in [0.3, 0.4) is 0 Å². The molecule has 1 aromatic carbocycles. The lowest BCUT2D eigenvalue weighted by molar-refractivity contribution is 0.181. The average molecular weight is 321 g/mol. The van der Waals surface area contributed by atoms with E-state index in [0.717, 1.165) is 37.7 Å². The Hall–Kier alpha value is -1.62. The van der Waals surface area contributed by atoms with Gasteiger partial charge in [-0.25, -0.2) is 4.39 Å². The molecule has 1 aromatic rings. The molecule has 1 fully saturated rings. The van der Waals surface area contributed by atoms with Gasteiger partial charge >= 0.3 is 0 Å². The normalized spacial score (nSPS) is 19.0. The summed E-state index contributed by atoms with van der Waals surface area (Å²) in [6.45, 7) is 7.52. The van der Waals surface area contributed by atoms with E-state index in [2.05, 4.69) is 29.1 Å². The van der Waals surface area contributed by atoms with Gasteiger partial charge in [-0.2, -0.15) is 0 Å². The standard InChI is InChI=1S/C18H28FN3O/c1-18(2,15-6-5-7-16(19)10-15)13-21-17(20-3)22(4)11-14-8-9-23-12-14/h5-7,10,14H,8-9,11-13H2,1-4H3,(H,20,21). The van der Waals surface area contributed by atoms with Crippen LogP contribution < -0.4 is 5.32 Å². The Bertz CT molecular complexity index is 539. The van der Waals surface area contributed by atoms with Gasteiger partial charge in [-0.3, -0.25) is 4.99 Å². The van der Waals surface area contributed by atoms with Gasteiger partial charge in [0.1, 0.15) is 5.82 Å². The number of halogens is 1. The van der Waals surface area contributed by atoms with Crippen LogP contribution in [0.2, 0.25) is 0 Å². The first-order chi connectivity index (χ1) is 10.9. The van der Waals surface area contributed by atoms with Crippen molar-refractivity contribution in [3.05, 3.63) is 35.6 Å². The van der Waals surface area contributed by atoms with E-state index >= 15 is 0 Å².